The summed E-state index contributed by atoms with van der Waals surface area (Å²) < 4.78 is 6.62. The molecule has 2 aliphatic heterocycles. The molecule has 0 spiro atoms. The van der Waals surface area contributed by atoms with Crippen molar-refractivity contribution >= 4 is 49.8 Å². The molecule has 4 aromatic rings. The van der Waals surface area contributed by atoms with E-state index in [1.165, 1.54) is 40.5 Å². The second-order valence-electron chi connectivity index (χ2n) is 9.90. The van der Waals surface area contributed by atoms with Crippen LogP contribution >= 0.6 is 11.3 Å². The summed E-state index contributed by atoms with van der Waals surface area (Å²) in [6.07, 6.45) is 0.648. The number of aliphatic hydroxyl groups excluding tert-OH is 1. The SMILES string of the molecule is Cc1cc(C)c2nc(N3C(=O)C(=O)/C(=C(/O)c4ccc5c(c4)C[C@H](C)O5)[C@@H]3c3ccc([N+](=O)[O-])cc3)sc2c1. The van der Waals surface area contributed by atoms with Crippen molar-refractivity contribution in [1.82, 2.24) is 4.98 Å². The minimum Gasteiger partial charge on any atom is -0.507 e. The summed E-state index contributed by atoms with van der Waals surface area (Å²) in [5.74, 6) is -1.29. The van der Waals surface area contributed by atoms with E-state index in [0.717, 1.165) is 26.9 Å². The van der Waals surface area contributed by atoms with Gasteiger partial charge in [-0.15, -0.1) is 0 Å². The molecule has 10 heteroatoms. The van der Waals surface area contributed by atoms with Crippen LogP contribution in [0.2, 0.25) is 0 Å². The van der Waals surface area contributed by atoms with Crippen LogP contribution in [0.15, 0.2) is 60.2 Å². The number of carbonyl (C=O) groups is 2. The molecular formula is C29H23N3O6S. The van der Waals surface area contributed by atoms with Crippen LogP contribution in [0.5, 0.6) is 5.75 Å². The van der Waals surface area contributed by atoms with Crippen molar-refractivity contribution in [2.75, 3.05) is 4.90 Å². The normalized spacial score (nSPS) is 19.9. The Bertz CT molecular complexity index is 1740. The average molecular weight is 542 g/mol. The number of fused-ring (bicyclic) bond motifs is 2. The Kier molecular flexibility index (Phi) is 5.72. The lowest BCUT2D eigenvalue weighted by atomic mass is 9.94. The second kappa shape index (κ2) is 9.02. The Morgan fingerprint density at radius 1 is 1.13 bits per heavy atom. The van der Waals surface area contributed by atoms with E-state index in [0.29, 0.717) is 28.4 Å². The quantitative estimate of drug-likeness (QED) is 0.114. The number of aromatic nitrogens is 1. The van der Waals surface area contributed by atoms with Gasteiger partial charge in [-0.3, -0.25) is 24.6 Å². The number of anilines is 1. The number of hydrogen-bond acceptors (Lipinski definition) is 8. The molecule has 1 saturated heterocycles. The highest BCUT2D eigenvalue weighted by atomic mass is 32.1. The summed E-state index contributed by atoms with van der Waals surface area (Å²) in [7, 11) is 0. The van der Waals surface area contributed by atoms with Gasteiger partial charge < -0.3 is 9.84 Å². The first-order valence-corrected chi connectivity index (χ1v) is 13.2. The molecule has 2 aliphatic rings. The molecule has 0 radical (unpaired) electrons. The molecule has 3 heterocycles. The molecule has 6 rings (SSSR count). The molecule has 1 amide bonds. The van der Waals surface area contributed by atoms with E-state index in [-0.39, 0.29) is 23.1 Å². The molecule has 0 unspecified atom stereocenters. The monoisotopic (exact) mass is 541 g/mol. The predicted molar refractivity (Wildman–Crippen MR) is 147 cm³/mol. The molecule has 0 saturated carbocycles. The van der Waals surface area contributed by atoms with Gasteiger partial charge in [0, 0.05) is 24.1 Å². The van der Waals surface area contributed by atoms with Crippen molar-refractivity contribution in [3.63, 3.8) is 0 Å². The minimum absolute atomic E-state index is 0.00536. The van der Waals surface area contributed by atoms with Crippen LogP contribution in [-0.4, -0.2) is 32.8 Å². The number of aryl methyl sites for hydroxylation is 2. The highest BCUT2D eigenvalue weighted by molar-refractivity contribution is 7.22. The number of amides is 1. The highest BCUT2D eigenvalue weighted by Gasteiger charge is 2.48. The van der Waals surface area contributed by atoms with E-state index < -0.39 is 22.7 Å². The fourth-order valence-electron chi connectivity index (χ4n) is 5.31. The summed E-state index contributed by atoms with van der Waals surface area (Å²) in [6.45, 7) is 5.84. The molecule has 39 heavy (non-hydrogen) atoms. The first-order valence-electron chi connectivity index (χ1n) is 12.4. The molecule has 1 fully saturated rings. The summed E-state index contributed by atoms with van der Waals surface area (Å²) in [6, 6.07) is 13.7. The zero-order valence-corrected chi connectivity index (χ0v) is 22.1. The zero-order valence-electron chi connectivity index (χ0n) is 21.3. The van der Waals surface area contributed by atoms with Gasteiger partial charge in [-0.25, -0.2) is 4.98 Å². The van der Waals surface area contributed by atoms with Crippen LogP contribution < -0.4 is 9.64 Å². The van der Waals surface area contributed by atoms with Crippen molar-refractivity contribution in [1.29, 1.82) is 0 Å². The third kappa shape index (κ3) is 4.04. The Balaban J connectivity index is 1.54. The van der Waals surface area contributed by atoms with Gasteiger partial charge >= 0.3 is 5.91 Å². The number of nitrogens with zero attached hydrogens (tertiary/aromatic N) is 3. The first-order chi connectivity index (χ1) is 18.6. The maximum atomic E-state index is 13.5. The zero-order chi connectivity index (χ0) is 27.6. The maximum Gasteiger partial charge on any atom is 0.301 e. The van der Waals surface area contributed by atoms with Crippen LogP contribution in [0.25, 0.3) is 16.0 Å². The number of aliphatic hydroxyl groups is 1. The summed E-state index contributed by atoms with van der Waals surface area (Å²) in [5.41, 5.74) is 4.17. The first kappa shape index (κ1) is 24.7. The van der Waals surface area contributed by atoms with Crippen molar-refractivity contribution in [2.45, 2.75) is 39.3 Å². The van der Waals surface area contributed by atoms with Gasteiger partial charge in [0.2, 0.25) is 0 Å². The van der Waals surface area contributed by atoms with Gasteiger partial charge in [-0.05, 0) is 79.4 Å². The molecule has 1 aromatic heterocycles. The smallest absolute Gasteiger partial charge is 0.301 e. The van der Waals surface area contributed by atoms with Gasteiger partial charge in [0.05, 0.1) is 26.8 Å². The number of rotatable bonds is 4. The molecule has 1 N–H and O–H groups in total. The summed E-state index contributed by atoms with van der Waals surface area (Å²) >= 11 is 1.27. The van der Waals surface area contributed by atoms with Crippen molar-refractivity contribution in [2.24, 2.45) is 0 Å². The fourth-order valence-corrected chi connectivity index (χ4v) is 6.48. The Morgan fingerprint density at radius 3 is 2.59 bits per heavy atom. The van der Waals surface area contributed by atoms with Gasteiger partial charge in [0.15, 0.2) is 5.13 Å². The van der Waals surface area contributed by atoms with Gasteiger partial charge in [0.25, 0.3) is 11.5 Å². The lowest BCUT2D eigenvalue weighted by molar-refractivity contribution is -0.384. The number of non-ortho nitro benzene ring substituents is 1. The number of benzene rings is 3. The molecule has 196 valence electrons. The number of nitro benzene ring substituents is 1. The van der Waals surface area contributed by atoms with Crippen molar-refractivity contribution < 1.29 is 24.4 Å². The van der Waals surface area contributed by atoms with Crippen molar-refractivity contribution in [3.8, 4) is 5.75 Å². The number of hydrogen-bond donors (Lipinski definition) is 1. The lowest BCUT2D eigenvalue weighted by Gasteiger charge is -2.23. The maximum absolute atomic E-state index is 13.5. The van der Waals surface area contributed by atoms with Gasteiger partial charge in [-0.2, -0.15) is 0 Å². The van der Waals surface area contributed by atoms with E-state index in [1.807, 2.05) is 32.9 Å². The molecule has 2 atom stereocenters. The van der Waals surface area contributed by atoms with Crippen LogP contribution in [0.3, 0.4) is 0 Å². The number of ketones is 1. The molecular weight excluding hydrogens is 518 g/mol. The van der Waals surface area contributed by atoms with E-state index in [1.54, 1.807) is 18.2 Å². The third-order valence-corrected chi connectivity index (χ3v) is 8.06. The minimum atomic E-state index is -1.03. The number of thiazole rings is 1. The molecule has 0 bridgehead atoms. The predicted octanol–water partition coefficient (Wildman–Crippen LogP) is 5.77. The van der Waals surface area contributed by atoms with E-state index in [4.69, 9.17) is 9.72 Å². The highest BCUT2D eigenvalue weighted by Crippen LogP contribution is 2.45. The van der Waals surface area contributed by atoms with Gasteiger partial charge in [0.1, 0.15) is 17.6 Å². The Labute approximate surface area is 227 Å². The Morgan fingerprint density at radius 2 is 1.87 bits per heavy atom. The van der Waals surface area contributed by atoms with Crippen LogP contribution in [0.4, 0.5) is 10.8 Å². The number of carbonyl (C=O) groups excluding carboxylic acids is 2. The summed E-state index contributed by atoms with van der Waals surface area (Å²) in [4.78, 5) is 43.8. The molecule has 9 nitrogen and oxygen atoms in total. The average Bonchev–Trinajstić information content (AvgIpc) is 3.56. The largest absolute Gasteiger partial charge is 0.507 e. The van der Waals surface area contributed by atoms with E-state index in [2.05, 4.69) is 0 Å². The fraction of sp³-hybridized carbons (Fsp3) is 0.207. The second-order valence-corrected chi connectivity index (χ2v) is 10.9. The standard InChI is InChI=1S/C29H23N3O6S/c1-14-10-15(2)24-22(11-14)39-29(30-24)31-25(17-4-7-20(8-5-17)32(36)37)23(27(34)28(31)35)26(33)18-6-9-21-19(13-18)12-16(3)38-21/h4-11,13,16,25,33H,12H2,1-3H3/b26-23+/t16-,25-/m0/s1. The van der Waals surface area contributed by atoms with Crippen LogP contribution in [-0.2, 0) is 16.0 Å². The topological polar surface area (TPSA) is 123 Å². The van der Waals surface area contributed by atoms with E-state index >= 15 is 0 Å². The molecule has 3 aromatic carbocycles. The third-order valence-electron chi connectivity index (χ3n) is 7.06. The van der Waals surface area contributed by atoms with E-state index in [9.17, 15) is 24.8 Å². The lowest BCUT2D eigenvalue weighted by Crippen LogP contribution is -2.29. The summed E-state index contributed by atoms with van der Waals surface area (Å²) in [5, 5.41) is 23.1. The van der Waals surface area contributed by atoms with Gasteiger partial charge in [-0.1, -0.05) is 17.4 Å². The van der Waals surface area contributed by atoms with Crippen LogP contribution in [0.1, 0.15) is 40.8 Å². The van der Waals surface area contributed by atoms with Crippen LogP contribution in [0, 0.1) is 24.0 Å². The van der Waals surface area contributed by atoms with Crippen molar-refractivity contribution in [3.05, 3.63) is 98.1 Å². The Hall–Kier alpha value is -4.57. The molecule has 0 aliphatic carbocycles. The number of ether oxygens (including phenoxy) is 1. The number of Topliss-reactive ketones (excluding diaryl/α,β-unsaturated/α-hetero) is 1. The number of nitro groups is 1.